The van der Waals surface area contributed by atoms with E-state index in [0.29, 0.717) is 17.6 Å². The summed E-state index contributed by atoms with van der Waals surface area (Å²) in [5.74, 6) is 3.31. The van der Waals surface area contributed by atoms with Gasteiger partial charge in [-0.05, 0) is 101 Å². The van der Waals surface area contributed by atoms with Crippen LogP contribution in [0.3, 0.4) is 0 Å². The molecule has 42 heavy (non-hydrogen) atoms. The van der Waals surface area contributed by atoms with E-state index < -0.39 is 0 Å². The van der Waals surface area contributed by atoms with Gasteiger partial charge < -0.3 is 16.4 Å². The van der Waals surface area contributed by atoms with Crippen molar-refractivity contribution in [3.05, 3.63) is 95.3 Å². The molecule has 3 rings (SSSR count). The molecule has 0 heterocycles. The Bertz CT molecular complexity index is 879. The van der Waals surface area contributed by atoms with E-state index in [0.717, 1.165) is 48.7 Å². The van der Waals surface area contributed by atoms with Gasteiger partial charge >= 0.3 is 0 Å². The molecular weight excluding hydrogens is 541 g/mol. The van der Waals surface area contributed by atoms with Crippen molar-refractivity contribution >= 4 is 11.6 Å². The molecule has 240 valence electrons. The van der Waals surface area contributed by atoms with Crippen molar-refractivity contribution in [3.8, 4) is 12.3 Å². The lowest BCUT2D eigenvalue weighted by Gasteiger charge is -2.17. The van der Waals surface area contributed by atoms with Gasteiger partial charge in [0.2, 0.25) is 0 Å². The molecular formula is C37H63ClFN3. The van der Waals surface area contributed by atoms with E-state index >= 15 is 0 Å². The van der Waals surface area contributed by atoms with Crippen molar-refractivity contribution < 1.29 is 4.39 Å². The highest BCUT2D eigenvalue weighted by Gasteiger charge is 2.30. The Hall–Kier alpha value is -2.42. The second kappa shape index (κ2) is 34.8. The zero-order chi connectivity index (χ0) is 33.3. The first kappa shape index (κ1) is 46.5. The monoisotopic (exact) mass is 603 g/mol. The standard InChI is InChI=1S/C10H10ClN.C10H19N.C7H7F.C4H11N.2C2H6.C2H4/c1-2-8-7-10(11)4-3-9(8)5-6-12;1-4-7-11-10(8(2)3)9-5-6-9;1-6-2-4-7(8)5-3-6;1-3-5-4-2;3*1-2/h1,3-4,7H,5-6,12H2;9-11H,2,4-7H2,1,3H3;2-5H,1H3;5H,3-4H2,1-2H3;2*1-2H3;1-2H2. The highest BCUT2D eigenvalue weighted by molar-refractivity contribution is 6.30. The van der Waals surface area contributed by atoms with E-state index in [1.165, 1.54) is 37.0 Å². The minimum absolute atomic E-state index is 0.171. The zero-order valence-corrected chi connectivity index (χ0v) is 29.1. The Balaban J connectivity index is -0.000000223. The summed E-state index contributed by atoms with van der Waals surface area (Å²) in [4.78, 5) is 0. The second-order valence-electron chi connectivity index (χ2n) is 8.85. The third-order valence-electron chi connectivity index (χ3n) is 5.39. The van der Waals surface area contributed by atoms with E-state index in [2.05, 4.69) is 64.0 Å². The molecule has 0 aromatic heterocycles. The second-order valence-corrected chi connectivity index (χ2v) is 9.29. The first-order chi connectivity index (χ1) is 20.2. The van der Waals surface area contributed by atoms with Gasteiger partial charge in [0.15, 0.2) is 0 Å². The molecule has 5 heteroatoms. The lowest BCUT2D eigenvalue weighted by molar-refractivity contribution is 0.517. The van der Waals surface area contributed by atoms with E-state index in [9.17, 15) is 4.39 Å². The van der Waals surface area contributed by atoms with Gasteiger partial charge in [0.25, 0.3) is 0 Å². The third-order valence-corrected chi connectivity index (χ3v) is 5.63. The first-order valence-electron chi connectivity index (χ1n) is 15.5. The van der Waals surface area contributed by atoms with Crippen LogP contribution in [0.5, 0.6) is 0 Å². The summed E-state index contributed by atoms with van der Waals surface area (Å²) >= 11 is 5.77. The molecule has 3 nitrogen and oxygen atoms in total. The predicted octanol–water partition coefficient (Wildman–Crippen LogP) is 9.77. The maximum Gasteiger partial charge on any atom is 0.123 e. The van der Waals surface area contributed by atoms with Gasteiger partial charge in [0.05, 0.1) is 0 Å². The maximum atomic E-state index is 12.1. The van der Waals surface area contributed by atoms with Crippen LogP contribution in [0.15, 0.2) is 67.8 Å². The Morgan fingerprint density at radius 2 is 1.57 bits per heavy atom. The summed E-state index contributed by atoms with van der Waals surface area (Å²) in [5, 5.41) is 7.31. The van der Waals surface area contributed by atoms with Gasteiger partial charge in [-0.2, -0.15) is 0 Å². The quantitative estimate of drug-likeness (QED) is 0.197. The Morgan fingerprint density at radius 1 is 1.05 bits per heavy atom. The molecule has 4 N–H and O–H groups in total. The highest BCUT2D eigenvalue weighted by atomic mass is 35.5. The largest absolute Gasteiger partial charge is 0.330 e. The molecule has 2 aromatic rings. The van der Waals surface area contributed by atoms with Crippen molar-refractivity contribution in [2.75, 3.05) is 26.2 Å². The van der Waals surface area contributed by atoms with Crippen LogP contribution in [0.4, 0.5) is 4.39 Å². The summed E-state index contributed by atoms with van der Waals surface area (Å²) in [5.41, 5.74) is 9.74. The van der Waals surface area contributed by atoms with Crippen molar-refractivity contribution in [2.45, 2.75) is 94.0 Å². The van der Waals surface area contributed by atoms with Crippen LogP contribution in [-0.4, -0.2) is 32.2 Å². The molecule has 0 saturated heterocycles. The summed E-state index contributed by atoms with van der Waals surface area (Å²) in [6.07, 6.45) is 10.1. The van der Waals surface area contributed by atoms with Crippen molar-refractivity contribution in [3.63, 3.8) is 0 Å². The van der Waals surface area contributed by atoms with E-state index in [1.807, 2.05) is 46.8 Å². The van der Waals surface area contributed by atoms with E-state index in [4.69, 9.17) is 23.8 Å². The van der Waals surface area contributed by atoms with Crippen molar-refractivity contribution in [1.82, 2.24) is 10.6 Å². The summed E-state index contributed by atoms with van der Waals surface area (Å²) in [7, 11) is 0. The normalized spacial score (nSPS) is 11.0. The number of nitrogens with two attached hydrogens (primary N) is 1. The number of rotatable bonds is 9. The number of halogens is 2. The molecule has 0 radical (unpaired) electrons. The number of aryl methyl sites for hydroxylation is 1. The minimum Gasteiger partial charge on any atom is -0.330 e. The van der Waals surface area contributed by atoms with Gasteiger partial charge in [-0.15, -0.1) is 19.6 Å². The van der Waals surface area contributed by atoms with Crippen LogP contribution in [0.2, 0.25) is 5.02 Å². The topological polar surface area (TPSA) is 50.1 Å². The molecule has 1 saturated carbocycles. The van der Waals surface area contributed by atoms with Crippen molar-refractivity contribution in [2.24, 2.45) is 11.7 Å². The molecule has 1 aliphatic rings. The lowest BCUT2D eigenvalue weighted by atomic mass is 10.1. The minimum atomic E-state index is -0.171. The fourth-order valence-electron chi connectivity index (χ4n) is 3.31. The maximum absolute atomic E-state index is 12.1. The molecule has 1 fully saturated rings. The summed E-state index contributed by atoms with van der Waals surface area (Å²) in [6, 6.07) is 12.5. The number of nitrogens with one attached hydrogen (secondary N) is 2. The molecule has 1 unspecified atom stereocenters. The average molecular weight is 604 g/mol. The Kier molecular flexibility index (Phi) is 38.5. The molecule has 0 aliphatic heterocycles. The molecule has 0 spiro atoms. The lowest BCUT2D eigenvalue weighted by Crippen LogP contribution is -2.32. The average Bonchev–Trinajstić information content (AvgIpc) is 3.86. The van der Waals surface area contributed by atoms with Gasteiger partial charge in [-0.1, -0.05) is 102 Å². The smallest absolute Gasteiger partial charge is 0.123 e. The molecule has 2 aromatic carbocycles. The number of benzene rings is 2. The Labute approximate surface area is 265 Å². The number of terminal acetylenes is 1. The predicted molar refractivity (Wildman–Crippen MR) is 191 cm³/mol. The SMILES string of the molecule is C#Cc1cc(Cl)ccc1CCN.C=C.C=C(C)C(NCCC)C1CC1.CC.CC.CCNCC.Cc1ccc(F)cc1. The Morgan fingerprint density at radius 3 is 1.90 bits per heavy atom. The summed E-state index contributed by atoms with van der Waals surface area (Å²) < 4.78 is 12.1. The molecule has 0 bridgehead atoms. The van der Waals surface area contributed by atoms with Crippen LogP contribution in [0.1, 0.15) is 91.3 Å². The zero-order valence-electron chi connectivity index (χ0n) is 28.4. The summed E-state index contributed by atoms with van der Waals surface area (Å²) in [6.45, 7) is 32.4. The van der Waals surface area contributed by atoms with Crippen LogP contribution in [-0.2, 0) is 6.42 Å². The van der Waals surface area contributed by atoms with Crippen LogP contribution < -0.4 is 16.4 Å². The van der Waals surface area contributed by atoms with Gasteiger partial charge in [-0.25, -0.2) is 4.39 Å². The van der Waals surface area contributed by atoms with E-state index in [1.54, 1.807) is 18.2 Å². The van der Waals surface area contributed by atoms with Crippen molar-refractivity contribution in [1.29, 1.82) is 0 Å². The van der Waals surface area contributed by atoms with Crippen LogP contribution in [0.25, 0.3) is 0 Å². The molecule has 0 amide bonds. The van der Waals surface area contributed by atoms with Crippen LogP contribution in [0, 0.1) is 31.0 Å². The fraction of sp³-hybridized carbons (Fsp3) is 0.514. The van der Waals surface area contributed by atoms with Crippen LogP contribution >= 0.6 is 11.6 Å². The fourth-order valence-corrected chi connectivity index (χ4v) is 3.48. The molecule has 1 atom stereocenters. The van der Waals surface area contributed by atoms with Gasteiger partial charge in [-0.3, -0.25) is 0 Å². The van der Waals surface area contributed by atoms with E-state index in [-0.39, 0.29) is 5.82 Å². The number of hydrogen-bond donors (Lipinski definition) is 3. The van der Waals surface area contributed by atoms with Gasteiger partial charge in [0, 0.05) is 16.6 Å². The van der Waals surface area contributed by atoms with Gasteiger partial charge in [0.1, 0.15) is 5.82 Å². The third kappa shape index (κ3) is 27.7. The number of hydrogen-bond acceptors (Lipinski definition) is 3. The first-order valence-corrected chi connectivity index (χ1v) is 15.9. The molecule has 1 aliphatic carbocycles. The highest BCUT2D eigenvalue weighted by Crippen LogP contribution is 2.35.